The Bertz CT molecular complexity index is 459. The summed E-state index contributed by atoms with van der Waals surface area (Å²) in [7, 11) is 2.44. The standard InChI is InChI=1S/C14H15OPS/c1-15-11-17-14-10-6-5-9-13(14)16-12-7-3-2-4-8-12/h2-10,16H,11H2,1H3. The van der Waals surface area contributed by atoms with E-state index in [1.165, 1.54) is 15.5 Å². The van der Waals surface area contributed by atoms with Gasteiger partial charge in [0.15, 0.2) is 0 Å². The molecule has 1 atom stereocenters. The fraction of sp³-hybridized carbons (Fsp3) is 0.143. The molecule has 0 aromatic heterocycles. The minimum Gasteiger partial charge on any atom is -0.374 e. The minimum absolute atomic E-state index is 0.705. The van der Waals surface area contributed by atoms with Gasteiger partial charge in [0.2, 0.25) is 0 Å². The van der Waals surface area contributed by atoms with Crippen molar-refractivity contribution in [2.24, 2.45) is 0 Å². The van der Waals surface area contributed by atoms with E-state index in [0.717, 1.165) is 0 Å². The molecule has 0 aliphatic carbocycles. The molecule has 88 valence electrons. The summed E-state index contributed by atoms with van der Waals surface area (Å²) in [5.74, 6) is 0.705. The molecule has 2 aromatic rings. The Morgan fingerprint density at radius 1 is 1.00 bits per heavy atom. The molecule has 0 fully saturated rings. The predicted octanol–water partition coefficient (Wildman–Crippen LogP) is 3.01. The molecule has 2 aromatic carbocycles. The topological polar surface area (TPSA) is 9.23 Å². The normalized spacial score (nSPS) is 11.1. The van der Waals surface area contributed by atoms with Gasteiger partial charge in [-0.2, -0.15) is 0 Å². The molecular formula is C14H15OPS. The molecule has 0 aliphatic heterocycles. The van der Waals surface area contributed by atoms with Crippen LogP contribution in [0.15, 0.2) is 59.5 Å². The van der Waals surface area contributed by atoms with E-state index in [0.29, 0.717) is 14.5 Å². The van der Waals surface area contributed by atoms with Crippen molar-refractivity contribution in [2.45, 2.75) is 4.90 Å². The van der Waals surface area contributed by atoms with Crippen LogP contribution < -0.4 is 10.6 Å². The summed E-state index contributed by atoms with van der Waals surface area (Å²) in [6.45, 7) is 0. The van der Waals surface area contributed by atoms with Gasteiger partial charge in [-0.1, -0.05) is 68.9 Å². The maximum absolute atomic E-state index is 5.12. The lowest BCUT2D eigenvalue weighted by atomic mass is 10.4. The maximum Gasteiger partial charge on any atom is 0.0963 e. The molecule has 1 nitrogen and oxygen atoms in total. The summed E-state index contributed by atoms with van der Waals surface area (Å²) < 4.78 is 5.12. The maximum atomic E-state index is 5.12. The van der Waals surface area contributed by atoms with Crippen LogP contribution in [-0.4, -0.2) is 13.0 Å². The van der Waals surface area contributed by atoms with E-state index in [-0.39, 0.29) is 0 Å². The van der Waals surface area contributed by atoms with E-state index in [4.69, 9.17) is 4.74 Å². The van der Waals surface area contributed by atoms with Crippen molar-refractivity contribution in [3.63, 3.8) is 0 Å². The second-order valence-electron chi connectivity index (χ2n) is 3.54. The highest BCUT2D eigenvalue weighted by Gasteiger charge is 2.03. The van der Waals surface area contributed by atoms with Crippen LogP contribution in [-0.2, 0) is 4.74 Å². The van der Waals surface area contributed by atoms with Crippen molar-refractivity contribution < 1.29 is 4.74 Å². The van der Waals surface area contributed by atoms with Crippen molar-refractivity contribution in [3.05, 3.63) is 54.6 Å². The number of methoxy groups -OCH3 is 1. The number of thioether (sulfide) groups is 1. The molecule has 0 spiro atoms. The fourth-order valence-corrected chi connectivity index (χ4v) is 3.56. The first kappa shape index (κ1) is 12.6. The molecule has 0 bridgehead atoms. The van der Waals surface area contributed by atoms with E-state index in [1.54, 1.807) is 18.9 Å². The van der Waals surface area contributed by atoms with Gasteiger partial charge in [-0.3, -0.25) is 0 Å². The van der Waals surface area contributed by atoms with E-state index in [2.05, 4.69) is 54.6 Å². The smallest absolute Gasteiger partial charge is 0.0963 e. The molecule has 0 saturated carbocycles. The zero-order chi connectivity index (χ0) is 11.9. The predicted molar refractivity (Wildman–Crippen MR) is 78.2 cm³/mol. The first-order valence-electron chi connectivity index (χ1n) is 5.43. The van der Waals surface area contributed by atoms with Gasteiger partial charge in [0.1, 0.15) is 0 Å². The average Bonchev–Trinajstić information content (AvgIpc) is 2.39. The van der Waals surface area contributed by atoms with Crippen molar-refractivity contribution >= 4 is 31.0 Å². The van der Waals surface area contributed by atoms with Gasteiger partial charge < -0.3 is 4.74 Å². The lowest BCUT2D eigenvalue weighted by molar-refractivity contribution is 0.259. The molecule has 0 radical (unpaired) electrons. The summed E-state index contributed by atoms with van der Waals surface area (Å²) in [6.07, 6.45) is 0. The van der Waals surface area contributed by atoms with E-state index in [9.17, 15) is 0 Å². The Hall–Kier alpha value is -0.820. The quantitative estimate of drug-likeness (QED) is 0.465. The molecule has 0 aliphatic rings. The van der Waals surface area contributed by atoms with E-state index < -0.39 is 0 Å². The van der Waals surface area contributed by atoms with Crippen molar-refractivity contribution in [1.29, 1.82) is 0 Å². The zero-order valence-corrected chi connectivity index (χ0v) is 11.5. The van der Waals surface area contributed by atoms with Crippen LogP contribution in [0.4, 0.5) is 0 Å². The van der Waals surface area contributed by atoms with Crippen LogP contribution in [0.1, 0.15) is 0 Å². The van der Waals surface area contributed by atoms with Crippen LogP contribution in [0, 0.1) is 0 Å². The summed E-state index contributed by atoms with van der Waals surface area (Å²) >= 11 is 1.75. The average molecular weight is 262 g/mol. The van der Waals surface area contributed by atoms with Gasteiger partial charge in [0.05, 0.1) is 5.94 Å². The van der Waals surface area contributed by atoms with E-state index in [1.807, 2.05) is 0 Å². The van der Waals surface area contributed by atoms with Crippen LogP contribution in [0.2, 0.25) is 0 Å². The third-order valence-corrected chi connectivity index (χ3v) is 4.80. The van der Waals surface area contributed by atoms with Crippen LogP contribution in [0.25, 0.3) is 0 Å². The molecule has 3 heteroatoms. The van der Waals surface area contributed by atoms with Crippen LogP contribution in [0.5, 0.6) is 0 Å². The number of hydrogen-bond donors (Lipinski definition) is 0. The van der Waals surface area contributed by atoms with E-state index >= 15 is 0 Å². The van der Waals surface area contributed by atoms with Crippen molar-refractivity contribution in [3.8, 4) is 0 Å². The fourth-order valence-electron chi connectivity index (χ4n) is 1.50. The molecule has 17 heavy (non-hydrogen) atoms. The van der Waals surface area contributed by atoms with Crippen LogP contribution in [0.3, 0.4) is 0 Å². The summed E-state index contributed by atoms with van der Waals surface area (Å²) in [5, 5.41) is 2.76. The monoisotopic (exact) mass is 262 g/mol. The SMILES string of the molecule is COCSc1ccccc1Pc1ccccc1. The molecule has 0 saturated heterocycles. The number of benzene rings is 2. The second-order valence-corrected chi connectivity index (χ2v) is 5.87. The van der Waals surface area contributed by atoms with Gasteiger partial charge in [-0.15, -0.1) is 0 Å². The molecule has 1 unspecified atom stereocenters. The lowest BCUT2D eigenvalue weighted by Gasteiger charge is -2.08. The molecule has 0 N–H and O–H groups in total. The van der Waals surface area contributed by atoms with Gasteiger partial charge in [0, 0.05) is 12.0 Å². The van der Waals surface area contributed by atoms with Crippen molar-refractivity contribution in [2.75, 3.05) is 13.0 Å². The third kappa shape index (κ3) is 3.85. The summed E-state index contributed by atoms with van der Waals surface area (Å²) in [6, 6.07) is 19.1. The number of ether oxygens (including phenoxy) is 1. The highest BCUT2D eigenvalue weighted by molar-refractivity contribution is 7.99. The van der Waals surface area contributed by atoms with Gasteiger partial charge in [-0.25, -0.2) is 0 Å². The first-order chi connectivity index (χ1) is 8.40. The third-order valence-electron chi connectivity index (χ3n) is 2.27. The van der Waals surface area contributed by atoms with Gasteiger partial charge >= 0.3 is 0 Å². The second kappa shape index (κ2) is 6.80. The highest BCUT2D eigenvalue weighted by Crippen LogP contribution is 2.22. The Balaban J connectivity index is 2.15. The molecular weight excluding hydrogens is 247 g/mol. The molecule has 2 rings (SSSR count). The Morgan fingerprint density at radius 3 is 2.47 bits per heavy atom. The number of rotatable bonds is 5. The summed E-state index contributed by atoms with van der Waals surface area (Å²) in [5.41, 5.74) is 0. The number of hydrogen-bond acceptors (Lipinski definition) is 2. The Kier molecular flexibility index (Phi) is 5.06. The van der Waals surface area contributed by atoms with Crippen molar-refractivity contribution in [1.82, 2.24) is 0 Å². The molecule has 0 amide bonds. The molecule has 0 heterocycles. The lowest BCUT2D eigenvalue weighted by Crippen LogP contribution is -2.05. The Labute approximate surface area is 108 Å². The highest BCUT2D eigenvalue weighted by atomic mass is 32.2. The zero-order valence-electron chi connectivity index (χ0n) is 9.72. The Morgan fingerprint density at radius 2 is 1.71 bits per heavy atom. The largest absolute Gasteiger partial charge is 0.374 e. The minimum atomic E-state index is 0.705. The van der Waals surface area contributed by atoms with Crippen LogP contribution >= 0.6 is 20.3 Å². The summed E-state index contributed by atoms with van der Waals surface area (Å²) in [4.78, 5) is 1.32. The van der Waals surface area contributed by atoms with Gasteiger partial charge in [-0.05, 0) is 16.7 Å². The van der Waals surface area contributed by atoms with Gasteiger partial charge in [0.25, 0.3) is 0 Å². The first-order valence-corrected chi connectivity index (χ1v) is 7.41.